The highest BCUT2D eigenvalue weighted by atomic mass is 16.5. The second-order valence-electron chi connectivity index (χ2n) is 8.11. The Hall–Kier alpha value is -3.55. The van der Waals surface area contributed by atoms with Gasteiger partial charge in [-0.05, 0) is 36.8 Å². The highest BCUT2D eigenvalue weighted by Crippen LogP contribution is 2.32. The maximum absolute atomic E-state index is 13.2. The van der Waals surface area contributed by atoms with Crippen LogP contribution in [0.25, 0.3) is 11.0 Å². The topological polar surface area (TPSA) is 76.9 Å². The lowest BCUT2D eigenvalue weighted by atomic mass is 10.1. The van der Waals surface area contributed by atoms with E-state index in [0.29, 0.717) is 48.8 Å². The third-order valence-electron chi connectivity index (χ3n) is 6.34. The first kappa shape index (κ1) is 20.4. The van der Waals surface area contributed by atoms with Crippen LogP contribution in [-0.4, -0.2) is 71.6 Å². The van der Waals surface area contributed by atoms with Gasteiger partial charge in [-0.25, -0.2) is 4.98 Å². The summed E-state index contributed by atoms with van der Waals surface area (Å²) in [6, 6.07) is 11.0. The smallest absolute Gasteiger partial charge is 0.257 e. The van der Waals surface area contributed by atoms with E-state index in [1.54, 1.807) is 30.2 Å². The van der Waals surface area contributed by atoms with E-state index in [-0.39, 0.29) is 11.8 Å². The molecule has 2 aliphatic rings. The molecule has 2 amide bonds. The number of piperazine rings is 1. The number of hydrogen-bond acceptors (Lipinski definition) is 5. The number of ether oxygens (including phenoxy) is 2. The van der Waals surface area contributed by atoms with E-state index < -0.39 is 0 Å². The molecular formula is C24H26N4O4. The average Bonchev–Trinajstić information content (AvgIpc) is 3.44. The normalized spacial score (nSPS) is 15.7. The van der Waals surface area contributed by atoms with Crippen molar-refractivity contribution in [2.24, 2.45) is 0 Å². The van der Waals surface area contributed by atoms with Gasteiger partial charge in [-0.1, -0.05) is 6.07 Å². The third kappa shape index (κ3) is 3.36. The maximum atomic E-state index is 13.2. The molecule has 0 radical (unpaired) electrons. The minimum atomic E-state index is -0.121. The van der Waals surface area contributed by atoms with Crippen LogP contribution in [-0.2, 0) is 13.0 Å². The van der Waals surface area contributed by atoms with E-state index >= 15 is 0 Å². The van der Waals surface area contributed by atoms with Gasteiger partial charge in [0.1, 0.15) is 5.82 Å². The summed E-state index contributed by atoms with van der Waals surface area (Å²) in [4.78, 5) is 34.5. The largest absolute Gasteiger partial charge is 0.493 e. The van der Waals surface area contributed by atoms with E-state index in [1.165, 1.54) is 7.11 Å². The molecule has 8 nitrogen and oxygen atoms in total. The Kier molecular flexibility index (Phi) is 5.20. The molecule has 3 heterocycles. The number of aromatic nitrogens is 2. The summed E-state index contributed by atoms with van der Waals surface area (Å²) in [6.45, 7) is 2.86. The van der Waals surface area contributed by atoms with Gasteiger partial charge in [0.25, 0.3) is 11.8 Å². The number of nitrogens with zero attached hydrogens (tertiary/aromatic N) is 4. The second-order valence-corrected chi connectivity index (χ2v) is 8.11. The molecule has 8 heteroatoms. The monoisotopic (exact) mass is 434 g/mol. The lowest BCUT2D eigenvalue weighted by molar-refractivity contribution is 0.0533. The molecule has 0 atom stereocenters. The molecule has 32 heavy (non-hydrogen) atoms. The quantitative estimate of drug-likeness (QED) is 0.631. The lowest BCUT2D eigenvalue weighted by Crippen LogP contribution is -2.50. The van der Waals surface area contributed by atoms with Crippen LogP contribution in [0.15, 0.2) is 36.4 Å². The number of para-hydroxylation sites is 1. The van der Waals surface area contributed by atoms with Crippen molar-refractivity contribution in [1.82, 2.24) is 19.4 Å². The van der Waals surface area contributed by atoms with Crippen molar-refractivity contribution in [1.29, 1.82) is 0 Å². The Morgan fingerprint density at radius 3 is 2.38 bits per heavy atom. The van der Waals surface area contributed by atoms with Crippen LogP contribution < -0.4 is 9.47 Å². The van der Waals surface area contributed by atoms with Crippen molar-refractivity contribution in [3.05, 3.63) is 53.3 Å². The highest BCUT2D eigenvalue weighted by molar-refractivity contribution is 5.99. The molecule has 0 aliphatic carbocycles. The fraction of sp³-hybridized carbons (Fsp3) is 0.375. The molecule has 1 saturated heterocycles. The van der Waals surface area contributed by atoms with Crippen LogP contribution in [0.3, 0.4) is 0 Å². The Morgan fingerprint density at radius 1 is 0.906 bits per heavy atom. The van der Waals surface area contributed by atoms with Gasteiger partial charge < -0.3 is 23.8 Å². The van der Waals surface area contributed by atoms with Gasteiger partial charge in [0, 0.05) is 44.7 Å². The number of imidazole rings is 1. The molecule has 3 aromatic rings. The van der Waals surface area contributed by atoms with Crippen molar-refractivity contribution >= 4 is 22.8 Å². The lowest BCUT2D eigenvalue weighted by Gasteiger charge is -2.35. The predicted octanol–water partition coefficient (Wildman–Crippen LogP) is 2.60. The summed E-state index contributed by atoms with van der Waals surface area (Å²) in [6.07, 6.45) is 2.09. The zero-order valence-electron chi connectivity index (χ0n) is 18.3. The van der Waals surface area contributed by atoms with Crippen molar-refractivity contribution in [3.8, 4) is 11.5 Å². The van der Waals surface area contributed by atoms with Crippen LogP contribution >= 0.6 is 0 Å². The zero-order chi connectivity index (χ0) is 22.2. The summed E-state index contributed by atoms with van der Waals surface area (Å²) in [5, 5.41) is 0. The first-order valence-electron chi connectivity index (χ1n) is 10.9. The summed E-state index contributed by atoms with van der Waals surface area (Å²) >= 11 is 0. The van der Waals surface area contributed by atoms with Crippen molar-refractivity contribution in [2.45, 2.75) is 19.4 Å². The van der Waals surface area contributed by atoms with Crippen molar-refractivity contribution < 1.29 is 19.1 Å². The Bertz CT molecular complexity index is 1190. The van der Waals surface area contributed by atoms with E-state index in [0.717, 1.165) is 36.2 Å². The molecule has 0 bridgehead atoms. The van der Waals surface area contributed by atoms with Gasteiger partial charge in [0.15, 0.2) is 11.5 Å². The molecule has 0 spiro atoms. The van der Waals surface area contributed by atoms with Gasteiger partial charge in [-0.2, -0.15) is 0 Å². The Balaban J connectivity index is 1.29. The Morgan fingerprint density at radius 2 is 1.66 bits per heavy atom. The predicted molar refractivity (Wildman–Crippen MR) is 119 cm³/mol. The maximum Gasteiger partial charge on any atom is 0.257 e. The van der Waals surface area contributed by atoms with Gasteiger partial charge >= 0.3 is 0 Å². The van der Waals surface area contributed by atoms with Gasteiger partial charge in [-0.3, -0.25) is 9.59 Å². The number of rotatable bonds is 4. The van der Waals surface area contributed by atoms with Gasteiger partial charge in [0.2, 0.25) is 0 Å². The molecule has 1 fully saturated rings. The molecule has 2 aromatic carbocycles. The molecule has 0 N–H and O–H groups in total. The average molecular weight is 434 g/mol. The SMILES string of the molecule is COc1cccc(C(=O)N2CCN(C(=O)c3ccc4nc5n(c4c3)CCC5)CC2)c1OC. The first-order valence-corrected chi connectivity index (χ1v) is 10.9. The number of carbonyl (C=O) groups is 2. The number of aryl methyl sites for hydroxylation is 2. The van der Waals surface area contributed by atoms with Crippen LogP contribution in [0.1, 0.15) is 33.0 Å². The fourth-order valence-electron chi connectivity index (χ4n) is 4.66. The number of carbonyl (C=O) groups excluding carboxylic acids is 2. The number of methoxy groups -OCH3 is 2. The summed E-state index contributed by atoms with van der Waals surface area (Å²) in [7, 11) is 3.07. The molecule has 166 valence electrons. The highest BCUT2D eigenvalue weighted by Gasteiger charge is 2.28. The van der Waals surface area contributed by atoms with E-state index in [2.05, 4.69) is 9.55 Å². The number of hydrogen-bond donors (Lipinski definition) is 0. The van der Waals surface area contributed by atoms with Crippen LogP contribution in [0.4, 0.5) is 0 Å². The standard InChI is InChI=1S/C24H26N4O4/c1-31-20-6-3-5-17(22(20)32-2)24(30)27-13-11-26(12-14-27)23(29)16-8-9-18-19(15-16)28-10-4-7-21(28)25-18/h3,5-6,8-9,15H,4,7,10-14H2,1-2H3. The van der Waals surface area contributed by atoms with Crippen LogP contribution in [0, 0.1) is 0 Å². The molecule has 1 aromatic heterocycles. The van der Waals surface area contributed by atoms with E-state index in [4.69, 9.17) is 9.47 Å². The summed E-state index contributed by atoms with van der Waals surface area (Å²) in [5.41, 5.74) is 3.11. The first-order chi connectivity index (χ1) is 15.6. The molecule has 0 unspecified atom stereocenters. The second kappa shape index (κ2) is 8.18. The fourth-order valence-corrected chi connectivity index (χ4v) is 4.66. The van der Waals surface area contributed by atoms with Gasteiger partial charge in [0.05, 0.1) is 30.8 Å². The molecule has 2 aliphatic heterocycles. The summed E-state index contributed by atoms with van der Waals surface area (Å²) < 4.78 is 12.9. The molecule has 0 saturated carbocycles. The minimum Gasteiger partial charge on any atom is -0.493 e. The number of fused-ring (bicyclic) bond motifs is 3. The Labute approximate surface area is 186 Å². The number of amides is 2. The summed E-state index contributed by atoms with van der Waals surface area (Å²) in [5.74, 6) is 1.93. The molecular weight excluding hydrogens is 408 g/mol. The van der Waals surface area contributed by atoms with E-state index in [1.807, 2.05) is 23.1 Å². The van der Waals surface area contributed by atoms with Crippen LogP contribution in [0.5, 0.6) is 11.5 Å². The van der Waals surface area contributed by atoms with Crippen LogP contribution in [0.2, 0.25) is 0 Å². The number of benzene rings is 2. The minimum absolute atomic E-state index is 0.00786. The third-order valence-corrected chi connectivity index (χ3v) is 6.34. The zero-order valence-corrected chi connectivity index (χ0v) is 18.3. The van der Waals surface area contributed by atoms with Crippen molar-refractivity contribution in [2.75, 3.05) is 40.4 Å². The van der Waals surface area contributed by atoms with Gasteiger partial charge in [-0.15, -0.1) is 0 Å². The molecule has 5 rings (SSSR count). The van der Waals surface area contributed by atoms with Crippen molar-refractivity contribution in [3.63, 3.8) is 0 Å². The van der Waals surface area contributed by atoms with E-state index in [9.17, 15) is 9.59 Å².